The van der Waals surface area contributed by atoms with E-state index in [9.17, 15) is 43.2 Å². The first kappa shape index (κ1) is 93.1. The number of esters is 4. The summed E-state index contributed by atoms with van der Waals surface area (Å²) in [6.07, 6.45) is 55.4. The molecule has 0 aliphatic heterocycles. The smallest absolute Gasteiger partial charge is 0.462 e. The first-order valence-electron chi connectivity index (χ1n) is 39.5. The van der Waals surface area contributed by atoms with Crippen molar-refractivity contribution in [1.29, 1.82) is 0 Å². The van der Waals surface area contributed by atoms with E-state index in [1.54, 1.807) is 0 Å². The van der Waals surface area contributed by atoms with Gasteiger partial charge >= 0.3 is 39.5 Å². The van der Waals surface area contributed by atoms with Crippen molar-refractivity contribution in [3.05, 3.63) is 0 Å². The van der Waals surface area contributed by atoms with Crippen molar-refractivity contribution in [2.24, 2.45) is 11.8 Å². The number of unbranched alkanes of at least 4 members (excludes halogenated alkanes) is 44. The second-order valence-electron chi connectivity index (χ2n) is 28.1. The average molecular weight is 1400 g/mol. The van der Waals surface area contributed by atoms with Crippen LogP contribution in [0.1, 0.15) is 395 Å². The first-order chi connectivity index (χ1) is 45.9. The standard InChI is InChI=1S/C76H148O17P2/c1-7-10-12-14-16-18-20-22-23-28-31-35-39-46-52-58-73(78)86-64-71(92-75(80)61-55-49-41-37-33-29-25-24-27-30-34-38-44-50-56-68(4)5)66-90-94(82,83)88-62-70(77)63-89-95(84,85)91-67-72(65-87-74(79)59-53-47-43-42-45-51-57-69(6)9-3)93-76(81)60-54-48-40-36-32-26-21-19-17-15-13-11-8-2/h68-72,77H,7-67H2,1-6H3,(H,82,83)(H,84,85)/t69?,70-,71-,72-/m1/s1. The lowest BCUT2D eigenvalue weighted by molar-refractivity contribution is -0.161. The number of phosphoric acid groups is 2. The van der Waals surface area contributed by atoms with Gasteiger partial charge in [-0.3, -0.25) is 37.3 Å². The van der Waals surface area contributed by atoms with Gasteiger partial charge in [-0.05, 0) is 37.5 Å². The number of aliphatic hydroxyl groups is 1. The van der Waals surface area contributed by atoms with Gasteiger partial charge in [-0.25, -0.2) is 9.13 Å². The molecule has 0 aliphatic rings. The molecule has 3 N–H and O–H groups in total. The molecule has 17 nitrogen and oxygen atoms in total. The zero-order chi connectivity index (χ0) is 70.0. The lowest BCUT2D eigenvalue weighted by Crippen LogP contribution is -2.30. The maximum absolute atomic E-state index is 13.1. The second-order valence-corrected chi connectivity index (χ2v) is 31.0. The fourth-order valence-electron chi connectivity index (χ4n) is 11.6. The molecule has 0 radical (unpaired) electrons. The highest BCUT2D eigenvalue weighted by molar-refractivity contribution is 7.47. The van der Waals surface area contributed by atoms with E-state index in [2.05, 4.69) is 41.5 Å². The van der Waals surface area contributed by atoms with Crippen LogP contribution in [-0.4, -0.2) is 96.7 Å². The average Bonchev–Trinajstić information content (AvgIpc) is 2.16. The summed E-state index contributed by atoms with van der Waals surface area (Å²) in [6, 6.07) is 0. The number of phosphoric ester groups is 2. The fraction of sp³-hybridized carbons (Fsp3) is 0.947. The van der Waals surface area contributed by atoms with Crippen LogP contribution in [-0.2, 0) is 65.4 Å². The number of rotatable bonds is 75. The molecule has 0 heterocycles. The zero-order valence-electron chi connectivity index (χ0n) is 62.0. The number of carbonyl (C=O) groups excluding carboxylic acids is 4. The molecule has 0 saturated carbocycles. The topological polar surface area (TPSA) is 237 Å². The van der Waals surface area contributed by atoms with Crippen LogP contribution in [0.2, 0.25) is 0 Å². The van der Waals surface area contributed by atoms with Crippen molar-refractivity contribution in [3.63, 3.8) is 0 Å². The van der Waals surface area contributed by atoms with E-state index in [0.29, 0.717) is 25.7 Å². The maximum Gasteiger partial charge on any atom is 0.472 e. The molecule has 0 aromatic carbocycles. The molecule has 0 aromatic rings. The molecule has 3 unspecified atom stereocenters. The van der Waals surface area contributed by atoms with Crippen molar-refractivity contribution >= 4 is 39.5 Å². The van der Waals surface area contributed by atoms with E-state index in [0.717, 1.165) is 108 Å². The SMILES string of the molecule is CCCCCCCCCCCCCCCCCC(=O)OC[C@H](COP(=O)(O)OC[C@@H](O)COP(=O)(O)OC[C@@H](COC(=O)CCCCCCCCC(C)CC)OC(=O)CCCCCCCCCCCCCCC)OC(=O)CCCCCCCCCCCCCCCCC(C)C. The van der Waals surface area contributed by atoms with Crippen LogP contribution in [0.5, 0.6) is 0 Å². The molecule has 0 amide bonds. The van der Waals surface area contributed by atoms with Gasteiger partial charge < -0.3 is 33.8 Å². The minimum absolute atomic E-state index is 0.107. The molecular formula is C76H148O17P2. The third kappa shape index (κ3) is 69.0. The predicted octanol–water partition coefficient (Wildman–Crippen LogP) is 22.3. The maximum atomic E-state index is 13.1. The van der Waals surface area contributed by atoms with Crippen molar-refractivity contribution in [2.45, 2.75) is 413 Å². The molecule has 95 heavy (non-hydrogen) atoms. The molecule has 19 heteroatoms. The lowest BCUT2D eigenvalue weighted by atomic mass is 10.00. The van der Waals surface area contributed by atoms with Gasteiger partial charge in [0.05, 0.1) is 26.4 Å². The Labute approximate surface area is 581 Å². The summed E-state index contributed by atoms with van der Waals surface area (Å²) in [4.78, 5) is 72.8. The van der Waals surface area contributed by atoms with E-state index in [1.807, 2.05) is 0 Å². The third-order valence-electron chi connectivity index (χ3n) is 18.1. The summed E-state index contributed by atoms with van der Waals surface area (Å²) < 4.78 is 68.5. The Balaban J connectivity index is 5.25. The number of hydrogen-bond donors (Lipinski definition) is 3. The van der Waals surface area contributed by atoms with Crippen LogP contribution in [0, 0.1) is 11.8 Å². The zero-order valence-corrected chi connectivity index (χ0v) is 63.8. The number of carbonyl (C=O) groups is 4. The van der Waals surface area contributed by atoms with E-state index in [4.69, 9.17) is 37.0 Å². The summed E-state index contributed by atoms with van der Waals surface area (Å²) in [6.45, 7) is 9.59. The van der Waals surface area contributed by atoms with Gasteiger partial charge in [0.15, 0.2) is 12.2 Å². The Hall–Kier alpha value is -1.94. The molecule has 0 bridgehead atoms. The molecule has 0 saturated heterocycles. The van der Waals surface area contributed by atoms with E-state index in [1.165, 1.54) is 205 Å². The molecule has 0 fully saturated rings. The molecule has 0 rings (SSSR count). The molecule has 0 aromatic heterocycles. The Morgan fingerprint density at radius 3 is 0.800 bits per heavy atom. The molecule has 0 spiro atoms. The minimum Gasteiger partial charge on any atom is -0.462 e. The summed E-state index contributed by atoms with van der Waals surface area (Å²) in [5.41, 5.74) is 0. The fourth-order valence-corrected chi connectivity index (χ4v) is 13.2. The molecule has 6 atom stereocenters. The number of hydrogen-bond acceptors (Lipinski definition) is 15. The highest BCUT2D eigenvalue weighted by Crippen LogP contribution is 2.45. The van der Waals surface area contributed by atoms with Gasteiger partial charge in [0.25, 0.3) is 0 Å². The third-order valence-corrected chi connectivity index (χ3v) is 20.0. The lowest BCUT2D eigenvalue weighted by Gasteiger charge is -2.21. The molecule has 0 aliphatic carbocycles. The van der Waals surface area contributed by atoms with Gasteiger partial charge in [-0.15, -0.1) is 0 Å². The second kappa shape index (κ2) is 67.9. The predicted molar refractivity (Wildman–Crippen MR) is 386 cm³/mol. The number of ether oxygens (including phenoxy) is 4. The molecular weight excluding hydrogens is 1250 g/mol. The normalized spacial score (nSPS) is 14.3. The van der Waals surface area contributed by atoms with E-state index >= 15 is 0 Å². The van der Waals surface area contributed by atoms with Crippen LogP contribution in [0.15, 0.2) is 0 Å². The van der Waals surface area contributed by atoms with Crippen molar-refractivity contribution in [3.8, 4) is 0 Å². The number of aliphatic hydroxyl groups excluding tert-OH is 1. The van der Waals surface area contributed by atoms with E-state index < -0.39 is 97.5 Å². The van der Waals surface area contributed by atoms with Crippen molar-refractivity contribution in [2.75, 3.05) is 39.6 Å². The van der Waals surface area contributed by atoms with Gasteiger partial charge in [0.2, 0.25) is 0 Å². The Kier molecular flexibility index (Phi) is 66.5. The monoisotopic (exact) mass is 1400 g/mol. The van der Waals surface area contributed by atoms with Crippen LogP contribution in [0.4, 0.5) is 0 Å². The van der Waals surface area contributed by atoms with Crippen molar-refractivity contribution < 1.29 is 80.2 Å². The Morgan fingerprint density at radius 2 is 0.537 bits per heavy atom. The van der Waals surface area contributed by atoms with Crippen LogP contribution >= 0.6 is 15.6 Å². The van der Waals surface area contributed by atoms with Gasteiger partial charge in [0.1, 0.15) is 19.3 Å². The minimum atomic E-state index is -4.96. The Morgan fingerprint density at radius 1 is 0.305 bits per heavy atom. The highest BCUT2D eigenvalue weighted by atomic mass is 31.2. The van der Waals surface area contributed by atoms with Gasteiger partial charge in [-0.2, -0.15) is 0 Å². The Bertz CT molecular complexity index is 1840. The van der Waals surface area contributed by atoms with Crippen LogP contribution in [0.25, 0.3) is 0 Å². The van der Waals surface area contributed by atoms with Crippen LogP contribution in [0.3, 0.4) is 0 Å². The van der Waals surface area contributed by atoms with E-state index in [-0.39, 0.29) is 25.7 Å². The molecule has 564 valence electrons. The quantitative estimate of drug-likeness (QED) is 0.0222. The van der Waals surface area contributed by atoms with Crippen molar-refractivity contribution in [1.82, 2.24) is 0 Å². The largest absolute Gasteiger partial charge is 0.472 e. The highest BCUT2D eigenvalue weighted by Gasteiger charge is 2.30. The summed E-state index contributed by atoms with van der Waals surface area (Å²) >= 11 is 0. The summed E-state index contributed by atoms with van der Waals surface area (Å²) in [7, 11) is -9.91. The summed E-state index contributed by atoms with van der Waals surface area (Å²) in [5.74, 6) is -0.588. The van der Waals surface area contributed by atoms with Gasteiger partial charge in [-0.1, -0.05) is 343 Å². The van der Waals surface area contributed by atoms with Crippen LogP contribution < -0.4 is 0 Å². The van der Waals surface area contributed by atoms with Gasteiger partial charge in [0, 0.05) is 25.7 Å². The first-order valence-corrected chi connectivity index (χ1v) is 42.5. The summed E-state index contributed by atoms with van der Waals surface area (Å²) in [5, 5.41) is 10.6.